The summed E-state index contributed by atoms with van der Waals surface area (Å²) in [5.74, 6) is -0.206. The topological polar surface area (TPSA) is 91.0 Å². The van der Waals surface area contributed by atoms with Gasteiger partial charge in [0.15, 0.2) is 0 Å². The van der Waals surface area contributed by atoms with Crippen LogP contribution in [-0.2, 0) is 9.53 Å². The molecule has 156 valence electrons. The van der Waals surface area contributed by atoms with Gasteiger partial charge in [-0.2, -0.15) is 0 Å². The van der Waals surface area contributed by atoms with Crippen LogP contribution < -0.4 is 15.5 Å². The third-order valence-corrected chi connectivity index (χ3v) is 5.19. The van der Waals surface area contributed by atoms with Crippen LogP contribution in [0.4, 0.5) is 10.5 Å². The predicted octanol–water partition coefficient (Wildman–Crippen LogP) is 1.82. The van der Waals surface area contributed by atoms with Crippen LogP contribution in [0, 0.1) is 0 Å². The Kier molecular flexibility index (Phi) is 5.94. The molecule has 8 heteroatoms. The molecule has 0 bridgehead atoms. The molecule has 2 aromatic carbocycles. The van der Waals surface area contributed by atoms with Crippen molar-refractivity contribution in [3.63, 3.8) is 0 Å². The van der Waals surface area contributed by atoms with Crippen LogP contribution in [0.1, 0.15) is 16.8 Å². The number of carbonyl (C=O) groups is 3. The van der Waals surface area contributed by atoms with Gasteiger partial charge in [-0.15, -0.1) is 0 Å². The SMILES string of the molecule is O=C1CCOCN(C(=O)c2ccc(-c3cccc(N4CCNC4=O)c3)cc2)CCN1. The second-order valence-electron chi connectivity index (χ2n) is 7.22. The smallest absolute Gasteiger partial charge is 0.321 e. The Morgan fingerprint density at radius 1 is 0.933 bits per heavy atom. The van der Waals surface area contributed by atoms with Crippen molar-refractivity contribution in [3.8, 4) is 11.1 Å². The number of nitrogens with zero attached hydrogens (tertiary/aromatic N) is 2. The van der Waals surface area contributed by atoms with E-state index in [0.717, 1.165) is 16.8 Å². The van der Waals surface area contributed by atoms with Gasteiger partial charge in [0.25, 0.3) is 5.91 Å². The fourth-order valence-electron chi connectivity index (χ4n) is 3.54. The second kappa shape index (κ2) is 8.96. The summed E-state index contributed by atoms with van der Waals surface area (Å²) in [4.78, 5) is 39.6. The average molecular weight is 408 g/mol. The molecule has 0 radical (unpaired) electrons. The maximum atomic E-state index is 12.9. The zero-order valence-electron chi connectivity index (χ0n) is 16.6. The largest absolute Gasteiger partial charge is 0.360 e. The summed E-state index contributed by atoms with van der Waals surface area (Å²) in [6.07, 6.45) is 0.300. The fourth-order valence-corrected chi connectivity index (χ4v) is 3.54. The standard InChI is InChI=1S/C22H24N4O4/c27-20-8-13-30-15-25(11-9-23-20)21(28)17-6-4-16(5-7-17)18-2-1-3-19(14-18)26-12-10-24-22(26)29/h1-7,14H,8-13,15H2,(H,23,27)(H,24,29). The molecule has 0 aromatic heterocycles. The molecule has 2 heterocycles. The van der Waals surface area contributed by atoms with Crippen molar-refractivity contribution in [1.29, 1.82) is 0 Å². The van der Waals surface area contributed by atoms with Crippen LogP contribution in [0.15, 0.2) is 48.5 Å². The Labute approximate surface area is 174 Å². The minimum atomic E-state index is -0.139. The Balaban J connectivity index is 1.48. The van der Waals surface area contributed by atoms with E-state index in [1.54, 1.807) is 21.9 Å². The van der Waals surface area contributed by atoms with Crippen LogP contribution >= 0.6 is 0 Å². The van der Waals surface area contributed by atoms with Gasteiger partial charge in [0.2, 0.25) is 5.91 Å². The van der Waals surface area contributed by atoms with E-state index in [-0.39, 0.29) is 24.6 Å². The first kappa shape index (κ1) is 19.9. The Hall–Kier alpha value is -3.39. The van der Waals surface area contributed by atoms with E-state index in [1.807, 2.05) is 36.4 Å². The molecule has 0 atom stereocenters. The van der Waals surface area contributed by atoms with Gasteiger partial charge in [-0.3, -0.25) is 14.5 Å². The molecule has 2 aromatic rings. The van der Waals surface area contributed by atoms with Gasteiger partial charge >= 0.3 is 6.03 Å². The van der Waals surface area contributed by atoms with Crippen LogP contribution in [0.2, 0.25) is 0 Å². The summed E-state index contributed by atoms with van der Waals surface area (Å²) in [5, 5.41) is 5.58. The van der Waals surface area contributed by atoms with Crippen LogP contribution in [0.25, 0.3) is 11.1 Å². The Bertz CT molecular complexity index is 944. The van der Waals surface area contributed by atoms with E-state index in [4.69, 9.17) is 4.74 Å². The maximum absolute atomic E-state index is 12.9. The minimum absolute atomic E-state index is 0.0673. The summed E-state index contributed by atoms with van der Waals surface area (Å²) >= 11 is 0. The third-order valence-electron chi connectivity index (χ3n) is 5.19. The molecule has 2 aliphatic rings. The van der Waals surface area contributed by atoms with Gasteiger partial charge in [0.1, 0.15) is 6.73 Å². The number of benzene rings is 2. The highest BCUT2D eigenvalue weighted by atomic mass is 16.5. The zero-order chi connectivity index (χ0) is 20.9. The first-order valence-electron chi connectivity index (χ1n) is 10.0. The predicted molar refractivity (Wildman–Crippen MR) is 112 cm³/mol. The molecule has 4 rings (SSSR count). The van der Waals surface area contributed by atoms with Crippen LogP contribution in [0.5, 0.6) is 0 Å². The fraction of sp³-hybridized carbons (Fsp3) is 0.318. The summed E-state index contributed by atoms with van der Waals surface area (Å²) in [6.45, 7) is 2.54. The Morgan fingerprint density at radius 3 is 2.50 bits per heavy atom. The molecule has 2 aliphatic heterocycles. The van der Waals surface area contributed by atoms with Crippen molar-refractivity contribution in [1.82, 2.24) is 15.5 Å². The molecule has 2 N–H and O–H groups in total. The number of rotatable bonds is 3. The number of hydrogen-bond acceptors (Lipinski definition) is 4. The molecular weight excluding hydrogens is 384 g/mol. The average Bonchev–Trinajstić information content (AvgIpc) is 3.24. The molecule has 2 fully saturated rings. The first-order valence-corrected chi connectivity index (χ1v) is 10.0. The molecule has 0 unspecified atom stereocenters. The number of urea groups is 1. The van der Waals surface area contributed by atoms with E-state index in [0.29, 0.717) is 44.8 Å². The van der Waals surface area contributed by atoms with Crippen molar-refractivity contribution >= 4 is 23.5 Å². The van der Waals surface area contributed by atoms with Crippen LogP contribution in [0.3, 0.4) is 0 Å². The van der Waals surface area contributed by atoms with Crippen molar-refractivity contribution in [2.45, 2.75) is 6.42 Å². The lowest BCUT2D eigenvalue weighted by Crippen LogP contribution is -2.38. The lowest BCUT2D eigenvalue weighted by Gasteiger charge is -2.21. The number of hydrogen-bond donors (Lipinski definition) is 2. The van der Waals surface area contributed by atoms with Gasteiger partial charge in [-0.1, -0.05) is 24.3 Å². The van der Waals surface area contributed by atoms with E-state index in [2.05, 4.69) is 10.6 Å². The van der Waals surface area contributed by atoms with Gasteiger partial charge in [0, 0.05) is 37.4 Å². The van der Waals surface area contributed by atoms with Crippen molar-refractivity contribution in [2.75, 3.05) is 44.4 Å². The number of ether oxygens (including phenoxy) is 1. The van der Waals surface area contributed by atoms with Gasteiger partial charge in [0.05, 0.1) is 13.0 Å². The third kappa shape index (κ3) is 4.44. The van der Waals surface area contributed by atoms with Crippen molar-refractivity contribution in [2.24, 2.45) is 0 Å². The van der Waals surface area contributed by atoms with E-state index < -0.39 is 0 Å². The highest BCUT2D eigenvalue weighted by molar-refractivity contribution is 5.96. The monoisotopic (exact) mass is 408 g/mol. The van der Waals surface area contributed by atoms with E-state index in [9.17, 15) is 14.4 Å². The molecule has 30 heavy (non-hydrogen) atoms. The molecule has 0 saturated carbocycles. The maximum Gasteiger partial charge on any atom is 0.321 e. The lowest BCUT2D eigenvalue weighted by atomic mass is 10.0. The van der Waals surface area contributed by atoms with Crippen molar-refractivity contribution < 1.29 is 19.1 Å². The number of carbonyl (C=O) groups excluding carboxylic acids is 3. The minimum Gasteiger partial charge on any atom is -0.360 e. The summed E-state index contributed by atoms with van der Waals surface area (Å²) in [7, 11) is 0. The van der Waals surface area contributed by atoms with Crippen molar-refractivity contribution in [3.05, 3.63) is 54.1 Å². The normalized spacial score (nSPS) is 17.6. The summed E-state index contributed by atoms with van der Waals surface area (Å²) < 4.78 is 5.45. The lowest BCUT2D eigenvalue weighted by molar-refractivity contribution is -0.121. The van der Waals surface area contributed by atoms with Gasteiger partial charge in [-0.25, -0.2) is 4.79 Å². The van der Waals surface area contributed by atoms with E-state index in [1.165, 1.54) is 0 Å². The summed E-state index contributed by atoms with van der Waals surface area (Å²) in [5.41, 5.74) is 3.34. The number of amides is 4. The zero-order valence-corrected chi connectivity index (χ0v) is 16.6. The highest BCUT2D eigenvalue weighted by Crippen LogP contribution is 2.26. The Morgan fingerprint density at radius 2 is 1.73 bits per heavy atom. The van der Waals surface area contributed by atoms with E-state index >= 15 is 0 Å². The van der Waals surface area contributed by atoms with Gasteiger partial charge in [-0.05, 0) is 35.4 Å². The quantitative estimate of drug-likeness (QED) is 0.811. The van der Waals surface area contributed by atoms with Crippen LogP contribution in [-0.4, -0.2) is 62.3 Å². The highest BCUT2D eigenvalue weighted by Gasteiger charge is 2.21. The molecule has 0 aliphatic carbocycles. The number of anilines is 1. The molecule has 8 nitrogen and oxygen atoms in total. The first-order chi connectivity index (χ1) is 14.6. The molecule has 0 spiro atoms. The van der Waals surface area contributed by atoms with Gasteiger partial charge < -0.3 is 20.3 Å². The number of nitrogens with one attached hydrogen (secondary N) is 2. The molecule has 2 saturated heterocycles. The molecule has 4 amide bonds. The summed E-state index contributed by atoms with van der Waals surface area (Å²) in [6, 6.07) is 15.1. The second-order valence-corrected chi connectivity index (χ2v) is 7.22. The molecular formula is C22H24N4O4.